The number of hydrogen-bond acceptors (Lipinski definition) is 5. The Morgan fingerprint density at radius 2 is 2.38 bits per heavy atom. The Kier molecular flexibility index (Phi) is 2.88. The zero-order valence-electron chi connectivity index (χ0n) is 9.97. The lowest BCUT2D eigenvalue weighted by Crippen LogP contribution is -2.48. The Labute approximate surface area is 100 Å². The molecular formula is C11H18N4S. The Morgan fingerprint density at radius 3 is 2.94 bits per heavy atom. The van der Waals surface area contributed by atoms with Gasteiger partial charge in [0.15, 0.2) is 5.96 Å². The van der Waals surface area contributed by atoms with Gasteiger partial charge in [0.1, 0.15) is 10.5 Å². The molecule has 1 atom stereocenters. The Morgan fingerprint density at radius 1 is 1.62 bits per heavy atom. The summed E-state index contributed by atoms with van der Waals surface area (Å²) < 4.78 is 0. The second kappa shape index (κ2) is 4.05. The van der Waals surface area contributed by atoms with Gasteiger partial charge in [0.2, 0.25) is 0 Å². The SMILES string of the molecule is CC(C)CN1C(N)=NCC1(C)c1nccs1. The summed E-state index contributed by atoms with van der Waals surface area (Å²) in [5.74, 6) is 1.21. The fraction of sp³-hybridized carbons (Fsp3) is 0.636. The number of nitrogens with zero attached hydrogens (tertiary/aromatic N) is 3. The molecule has 2 heterocycles. The second-order valence-electron chi connectivity index (χ2n) is 4.79. The number of rotatable bonds is 3. The molecule has 1 aliphatic rings. The highest BCUT2D eigenvalue weighted by Gasteiger charge is 2.41. The highest BCUT2D eigenvalue weighted by molar-refractivity contribution is 7.09. The quantitative estimate of drug-likeness (QED) is 0.871. The van der Waals surface area contributed by atoms with Gasteiger partial charge in [-0.15, -0.1) is 11.3 Å². The fourth-order valence-electron chi connectivity index (χ4n) is 1.99. The standard InChI is InChI=1S/C11H18N4S/c1-8(2)6-15-10(12)14-7-11(15,3)9-13-4-5-16-9/h4-5,8H,6-7H2,1-3H3,(H2,12,14). The molecule has 0 spiro atoms. The minimum Gasteiger partial charge on any atom is -0.370 e. The van der Waals surface area contributed by atoms with Gasteiger partial charge in [-0.1, -0.05) is 13.8 Å². The maximum atomic E-state index is 5.96. The second-order valence-corrected chi connectivity index (χ2v) is 5.68. The van der Waals surface area contributed by atoms with Gasteiger partial charge in [-0.05, 0) is 12.8 Å². The maximum absolute atomic E-state index is 5.96. The molecule has 1 aromatic rings. The van der Waals surface area contributed by atoms with E-state index < -0.39 is 0 Å². The molecule has 4 nitrogen and oxygen atoms in total. The van der Waals surface area contributed by atoms with Crippen molar-refractivity contribution in [2.45, 2.75) is 26.3 Å². The summed E-state index contributed by atoms with van der Waals surface area (Å²) in [5, 5.41) is 3.10. The van der Waals surface area contributed by atoms with Crippen molar-refractivity contribution < 1.29 is 0 Å². The van der Waals surface area contributed by atoms with Crippen LogP contribution >= 0.6 is 11.3 Å². The summed E-state index contributed by atoms with van der Waals surface area (Å²) in [7, 11) is 0. The third kappa shape index (κ3) is 1.80. The molecule has 2 N–H and O–H groups in total. The van der Waals surface area contributed by atoms with E-state index in [9.17, 15) is 0 Å². The minimum atomic E-state index is -0.150. The van der Waals surface area contributed by atoms with E-state index in [0.717, 1.165) is 11.6 Å². The third-order valence-corrected chi connectivity index (χ3v) is 3.89. The van der Waals surface area contributed by atoms with Crippen molar-refractivity contribution in [1.82, 2.24) is 9.88 Å². The van der Waals surface area contributed by atoms with Crippen molar-refractivity contribution in [3.8, 4) is 0 Å². The highest BCUT2D eigenvalue weighted by atomic mass is 32.1. The van der Waals surface area contributed by atoms with Crippen molar-refractivity contribution >= 4 is 17.3 Å². The van der Waals surface area contributed by atoms with E-state index in [-0.39, 0.29) is 5.54 Å². The molecular weight excluding hydrogens is 220 g/mol. The van der Waals surface area contributed by atoms with Crippen LogP contribution in [0.4, 0.5) is 0 Å². The molecule has 2 rings (SSSR count). The van der Waals surface area contributed by atoms with E-state index in [1.54, 1.807) is 11.3 Å². The zero-order valence-corrected chi connectivity index (χ0v) is 10.8. The molecule has 0 aromatic carbocycles. The molecule has 5 heteroatoms. The van der Waals surface area contributed by atoms with Gasteiger partial charge in [0.25, 0.3) is 0 Å². The molecule has 88 valence electrons. The molecule has 1 aromatic heterocycles. The molecule has 0 aliphatic carbocycles. The third-order valence-electron chi connectivity index (χ3n) is 2.86. The summed E-state index contributed by atoms with van der Waals surface area (Å²) in [6.07, 6.45) is 1.84. The Bertz CT molecular complexity index is 385. The number of thiazole rings is 1. The van der Waals surface area contributed by atoms with Crippen LogP contribution in [0.15, 0.2) is 16.6 Å². The molecule has 0 radical (unpaired) electrons. The predicted octanol–water partition coefficient (Wildman–Crippen LogP) is 1.64. The summed E-state index contributed by atoms with van der Waals surface area (Å²) >= 11 is 1.67. The monoisotopic (exact) mass is 238 g/mol. The Balaban J connectivity index is 2.28. The normalized spacial score (nSPS) is 25.2. The van der Waals surface area contributed by atoms with Crippen LogP contribution in [0.1, 0.15) is 25.8 Å². The van der Waals surface area contributed by atoms with Crippen LogP contribution in [-0.4, -0.2) is 28.9 Å². The van der Waals surface area contributed by atoms with E-state index >= 15 is 0 Å². The number of aliphatic imine (C=N–C) groups is 1. The van der Waals surface area contributed by atoms with Crippen LogP contribution in [0.25, 0.3) is 0 Å². The van der Waals surface area contributed by atoms with Crippen LogP contribution < -0.4 is 5.73 Å². The molecule has 1 unspecified atom stereocenters. The molecule has 0 fully saturated rings. The molecule has 16 heavy (non-hydrogen) atoms. The zero-order chi connectivity index (χ0) is 11.8. The maximum Gasteiger partial charge on any atom is 0.192 e. The van der Waals surface area contributed by atoms with Crippen molar-refractivity contribution in [3.63, 3.8) is 0 Å². The van der Waals surface area contributed by atoms with Crippen molar-refractivity contribution in [1.29, 1.82) is 0 Å². The average molecular weight is 238 g/mol. The molecule has 0 saturated carbocycles. The van der Waals surface area contributed by atoms with E-state index in [0.29, 0.717) is 18.4 Å². The molecule has 0 saturated heterocycles. The topological polar surface area (TPSA) is 54.5 Å². The Hall–Kier alpha value is -1.10. The largest absolute Gasteiger partial charge is 0.370 e. The molecule has 0 amide bonds. The van der Waals surface area contributed by atoms with Gasteiger partial charge in [-0.3, -0.25) is 4.99 Å². The lowest BCUT2D eigenvalue weighted by molar-refractivity contribution is 0.203. The van der Waals surface area contributed by atoms with Crippen LogP contribution in [0.2, 0.25) is 0 Å². The summed E-state index contributed by atoms with van der Waals surface area (Å²) in [5.41, 5.74) is 5.81. The fourth-order valence-corrected chi connectivity index (χ4v) is 2.79. The van der Waals surface area contributed by atoms with E-state index in [1.165, 1.54) is 0 Å². The van der Waals surface area contributed by atoms with Crippen molar-refractivity contribution in [3.05, 3.63) is 16.6 Å². The van der Waals surface area contributed by atoms with E-state index in [4.69, 9.17) is 5.73 Å². The first kappa shape index (κ1) is 11.4. The van der Waals surface area contributed by atoms with Gasteiger partial charge < -0.3 is 10.6 Å². The predicted molar refractivity (Wildman–Crippen MR) is 67.5 cm³/mol. The first-order chi connectivity index (χ1) is 7.54. The first-order valence-electron chi connectivity index (χ1n) is 5.51. The number of hydrogen-bond donors (Lipinski definition) is 1. The van der Waals surface area contributed by atoms with Crippen molar-refractivity contribution in [2.24, 2.45) is 16.6 Å². The van der Waals surface area contributed by atoms with E-state index in [2.05, 4.69) is 35.6 Å². The highest BCUT2D eigenvalue weighted by Crippen LogP contribution is 2.34. The lowest BCUT2D eigenvalue weighted by Gasteiger charge is -2.35. The smallest absolute Gasteiger partial charge is 0.192 e. The number of guanidine groups is 1. The lowest BCUT2D eigenvalue weighted by atomic mass is 10.0. The minimum absolute atomic E-state index is 0.150. The van der Waals surface area contributed by atoms with Crippen LogP contribution in [0.5, 0.6) is 0 Å². The average Bonchev–Trinajstić information content (AvgIpc) is 2.82. The number of aromatic nitrogens is 1. The van der Waals surface area contributed by atoms with Crippen LogP contribution in [0, 0.1) is 5.92 Å². The van der Waals surface area contributed by atoms with Crippen LogP contribution in [0.3, 0.4) is 0 Å². The number of nitrogens with two attached hydrogens (primary N) is 1. The van der Waals surface area contributed by atoms with Gasteiger partial charge in [0, 0.05) is 18.1 Å². The summed E-state index contributed by atoms with van der Waals surface area (Å²) in [6.45, 7) is 8.17. The molecule has 1 aliphatic heterocycles. The van der Waals surface area contributed by atoms with E-state index in [1.807, 2.05) is 11.6 Å². The first-order valence-corrected chi connectivity index (χ1v) is 6.39. The van der Waals surface area contributed by atoms with Crippen LogP contribution in [-0.2, 0) is 5.54 Å². The van der Waals surface area contributed by atoms with Gasteiger partial charge >= 0.3 is 0 Å². The summed E-state index contributed by atoms with van der Waals surface area (Å²) in [4.78, 5) is 11.0. The van der Waals surface area contributed by atoms with Crippen molar-refractivity contribution in [2.75, 3.05) is 13.1 Å². The summed E-state index contributed by atoms with van der Waals surface area (Å²) in [6, 6.07) is 0. The van der Waals surface area contributed by atoms with Gasteiger partial charge in [-0.25, -0.2) is 4.98 Å². The van der Waals surface area contributed by atoms with Gasteiger partial charge in [-0.2, -0.15) is 0 Å². The van der Waals surface area contributed by atoms with Gasteiger partial charge in [0.05, 0.1) is 6.54 Å². The molecule has 0 bridgehead atoms.